The number of sulfone groups is 1. The van der Waals surface area contributed by atoms with Crippen LogP contribution in [0.4, 0.5) is 4.39 Å². The standard InChI is InChI=1S/C14H10BrFO4S/c15-10-5-6-11(14(17)18)13(7-10)21(19,20)8-9-3-1-2-4-12(9)16/h1-7H,8H2,(H,17,18). The average Bonchev–Trinajstić information content (AvgIpc) is 2.41. The van der Waals surface area contributed by atoms with E-state index < -0.39 is 27.4 Å². The maximum absolute atomic E-state index is 13.6. The summed E-state index contributed by atoms with van der Waals surface area (Å²) in [4.78, 5) is 10.8. The summed E-state index contributed by atoms with van der Waals surface area (Å²) in [6.07, 6.45) is 0. The molecular formula is C14H10BrFO4S. The number of carboxylic acids is 1. The van der Waals surface area contributed by atoms with Crippen molar-refractivity contribution in [3.8, 4) is 0 Å². The first-order valence-corrected chi connectivity index (χ1v) is 8.25. The third-order valence-electron chi connectivity index (χ3n) is 2.81. The van der Waals surface area contributed by atoms with Crippen LogP contribution < -0.4 is 0 Å². The monoisotopic (exact) mass is 372 g/mol. The number of benzene rings is 2. The van der Waals surface area contributed by atoms with E-state index in [0.717, 1.165) is 6.07 Å². The Kier molecular flexibility index (Phi) is 4.43. The molecule has 0 spiro atoms. The number of carboxylic acid groups (broad SMARTS) is 1. The summed E-state index contributed by atoms with van der Waals surface area (Å²) >= 11 is 3.11. The number of hydrogen-bond acceptors (Lipinski definition) is 3. The van der Waals surface area contributed by atoms with Gasteiger partial charge in [-0.1, -0.05) is 34.1 Å². The van der Waals surface area contributed by atoms with Crippen molar-refractivity contribution in [2.24, 2.45) is 0 Å². The molecule has 0 saturated carbocycles. The lowest BCUT2D eigenvalue weighted by Crippen LogP contribution is -2.12. The first kappa shape index (κ1) is 15.7. The van der Waals surface area contributed by atoms with E-state index in [9.17, 15) is 17.6 Å². The molecule has 0 unspecified atom stereocenters. The first-order valence-electron chi connectivity index (χ1n) is 5.80. The van der Waals surface area contributed by atoms with Gasteiger partial charge in [0.2, 0.25) is 0 Å². The average molecular weight is 373 g/mol. The number of rotatable bonds is 4. The summed E-state index contributed by atoms with van der Waals surface area (Å²) in [6.45, 7) is 0. The molecule has 2 rings (SSSR count). The van der Waals surface area contributed by atoms with Crippen molar-refractivity contribution in [3.63, 3.8) is 0 Å². The van der Waals surface area contributed by atoms with Crippen LogP contribution in [0.15, 0.2) is 51.8 Å². The molecule has 7 heteroatoms. The molecule has 0 bridgehead atoms. The van der Waals surface area contributed by atoms with E-state index in [4.69, 9.17) is 5.11 Å². The Hall–Kier alpha value is -1.73. The lowest BCUT2D eigenvalue weighted by Gasteiger charge is -2.09. The van der Waals surface area contributed by atoms with E-state index in [1.807, 2.05) is 0 Å². The highest BCUT2D eigenvalue weighted by Crippen LogP contribution is 2.25. The third-order valence-corrected chi connectivity index (χ3v) is 5.00. The van der Waals surface area contributed by atoms with Crippen LogP contribution >= 0.6 is 15.9 Å². The second-order valence-corrected chi connectivity index (χ2v) is 7.17. The van der Waals surface area contributed by atoms with Crippen molar-refractivity contribution in [1.29, 1.82) is 0 Å². The van der Waals surface area contributed by atoms with Gasteiger partial charge in [0.1, 0.15) is 5.82 Å². The second-order valence-electron chi connectivity index (χ2n) is 4.30. The Balaban J connectivity index is 2.52. The molecule has 0 aliphatic heterocycles. The van der Waals surface area contributed by atoms with Crippen molar-refractivity contribution in [2.75, 3.05) is 0 Å². The van der Waals surface area contributed by atoms with Gasteiger partial charge in [-0.05, 0) is 24.3 Å². The van der Waals surface area contributed by atoms with E-state index in [2.05, 4.69) is 15.9 Å². The van der Waals surface area contributed by atoms with Crippen LogP contribution in [0, 0.1) is 5.82 Å². The molecule has 4 nitrogen and oxygen atoms in total. The summed E-state index contributed by atoms with van der Waals surface area (Å²) in [7, 11) is -3.98. The predicted octanol–water partition coefficient (Wildman–Crippen LogP) is 3.26. The molecule has 21 heavy (non-hydrogen) atoms. The molecule has 0 aliphatic rings. The Morgan fingerprint density at radius 3 is 2.48 bits per heavy atom. The highest BCUT2D eigenvalue weighted by atomic mass is 79.9. The Bertz CT molecular complexity index is 802. The quantitative estimate of drug-likeness (QED) is 0.893. The minimum Gasteiger partial charge on any atom is -0.478 e. The van der Waals surface area contributed by atoms with E-state index in [1.54, 1.807) is 0 Å². The Morgan fingerprint density at radius 2 is 1.86 bits per heavy atom. The smallest absolute Gasteiger partial charge is 0.337 e. The summed E-state index contributed by atoms with van der Waals surface area (Å²) < 4.78 is 38.8. The maximum Gasteiger partial charge on any atom is 0.337 e. The molecule has 110 valence electrons. The molecule has 1 N–H and O–H groups in total. The van der Waals surface area contributed by atoms with Gasteiger partial charge in [-0.2, -0.15) is 0 Å². The minimum absolute atomic E-state index is 0.00573. The Morgan fingerprint density at radius 1 is 1.19 bits per heavy atom. The predicted molar refractivity (Wildman–Crippen MR) is 78.4 cm³/mol. The van der Waals surface area contributed by atoms with E-state index in [-0.39, 0.29) is 16.0 Å². The largest absolute Gasteiger partial charge is 0.478 e. The fourth-order valence-corrected chi connectivity index (χ4v) is 3.94. The molecule has 2 aromatic carbocycles. The number of carbonyl (C=O) groups is 1. The van der Waals surface area contributed by atoms with Gasteiger partial charge in [0.05, 0.1) is 16.2 Å². The molecule has 0 radical (unpaired) electrons. The number of hydrogen-bond donors (Lipinski definition) is 1. The molecule has 0 atom stereocenters. The highest BCUT2D eigenvalue weighted by molar-refractivity contribution is 9.10. The van der Waals surface area contributed by atoms with Crippen LogP contribution in [0.2, 0.25) is 0 Å². The molecule has 0 aliphatic carbocycles. The van der Waals surface area contributed by atoms with Crippen LogP contribution in [0.1, 0.15) is 15.9 Å². The lowest BCUT2D eigenvalue weighted by molar-refractivity contribution is 0.0692. The summed E-state index contributed by atoms with van der Waals surface area (Å²) in [5.41, 5.74) is -0.344. The molecule has 0 fully saturated rings. The summed E-state index contributed by atoms with van der Waals surface area (Å²) in [5, 5.41) is 9.09. The van der Waals surface area contributed by atoms with Crippen LogP contribution in [0.25, 0.3) is 0 Å². The van der Waals surface area contributed by atoms with Crippen molar-refractivity contribution in [1.82, 2.24) is 0 Å². The number of aromatic carboxylic acids is 1. The SMILES string of the molecule is O=C(O)c1ccc(Br)cc1S(=O)(=O)Cc1ccccc1F. The van der Waals surface area contributed by atoms with Gasteiger partial charge in [-0.15, -0.1) is 0 Å². The molecule has 0 heterocycles. The normalized spacial score (nSPS) is 11.3. The molecular weight excluding hydrogens is 363 g/mol. The fraction of sp³-hybridized carbons (Fsp3) is 0.0714. The fourth-order valence-electron chi connectivity index (χ4n) is 1.83. The molecule has 0 saturated heterocycles. The third kappa shape index (κ3) is 3.48. The maximum atomic E-state index is 13.6. The van der Waals surface area contributed by atoms with Crippen molar-refractivity contribution in [2.45, 2.75) is 10.6 Å². The minimum atomic E-state index is -3.98. The van der Waals surface area contributed by atoms with Crippen LogP contribution in [0.5, 0.6) is 0 Å². The van der Waals surface area contributed by atoms with Gasteiger partial charge in [-0.3, -0.25) is 0 Å². The highest BCUT2D eigenvalue weighted by Gasteiger charge is 2.24. The van der Waals surface area contributed by atoms with Gasteiger partial charge in [0, 0.05) is 10.0 Å². The van der Waals surface area contributed by atoms with Gasteiger partial charge in [0.15, 0.2) is 9.84 Å². The van der Waals surface area contributed by atoms with Crippen LogP contribution in [0.3, 0.4) is 0 Å². The van der Waals surface area contributed by atoms with Crippen LogP contribution in [-0.2, 0) is 15.6 Å². The molecule has 0 amide bonds. The topological polar surface area (TPSA) is 71.4 Å². The summed E-state index contributed by atoms with van der Waals surface area (Å²) in [5.74, 6) is -2.60. The number of halogens is 2. The van der Waals surface area contributed by atoms with Crippen molar-refractivity contribution >= 4 is 31.7 Å². The van der Waals surface area contributed by atoms with E-state index >= 15 is 0 Å². The van der Waals surface area contributed by atoms with Crippen molar-refractivity contribution in [3.05, 3.63) is 63.9 Å². The lowest BCUT2D eigenvalue weighted by atomic mass is 10.2. The zero-order chi connectivity index (χ0) is 15.6. The molecule has 0 aromatic heterocycles. The van der Waals surface area contributed by atoms with Gasteiger partial charge >= 0.3 is 5.97 Å². The van der Waals surface area contributed by atoms with Gasteiger partial charge in [0.25, 0.3) is 0 Å². The Labute approximate surface area is 129 Å². The van der Waals surface area contributed by atoms with Gasteiger partial charge < -0.3 is 5.11 Å². The first-order chi connectivity index (χ1) is 9.81. The zero-order valence-electron chi connectivity index (χ0n) is 10.6. The second kappa shape index (κ2) is 5.95. The van der Waals surface area contributed by atoms with Crippen LogP contribution in [-0.4, -0.2) is 19.5 Å². The van der Waals surface area contributed by atoms with Gasteiger partial charge in [-0.25, -0.2) is 17.6 Å². The van der Waals surface area contributed by atoms with E-state index in [1.165, 1.54) is 36.4 Å². The zero-order valence-corrected chi connectivity index (χ0v) is 13.0. The van der Waals surface area contributed by atoms with E-state index in [0.29, 0.717) is 4.47 Å². The van der Waals surface area contributed by atoms with Crippen molar-refractivity contribution < 1.29 is 22.7 Å². The molecule has 2 aromatic rings. The summed E-state index contributed by atoms with van der Waals surface area (Å²) in [6, 6.07) is 9.32.